The molecule has 2 heterocycles. The predicted molar refractivity (Wildman–Crippen MR) is 98.9 cm³/mol. The molecule has 0 atom stereocenters. The molecule has 0 bridgehead atoms. The summed E-state index contributed by atoms with van der Waals surface area (Å²) in [5, 5.41) is 25.1. The van der Waals surface area contributed by atoms with E-state index in [-0.39, 0.29) is 29.8 Å². The molecular weight excluding hydrogens is 360 g/mol. The van der Waals surface area contributed by atoms with Crippen molar-refractivity contribution in [2.75, 3.05) is 18.4 Å². The number of hydrogen-bond donors (Lipinski definition) is 2. The van der Waals surface area contributed by atoms with Gasteiger partial charge in [0.1, 0.15) is 0 Å². The van der Waals surface area contributed by atoms with Gasteiger partial charge >= 0.3 is 0 Å². The van der Waals surface area contributed by atoms with Crippen molar-refractivity contribution in [3.05, 3.63) is 45.3 Å². The largest absolute Gasteiger partial charge is 0.320 e. The lowest BCUT2D eigenvalue weighted by Crippen LogP contribution is -2.30. The molecule has 1 fully saturated rings. The zero-order chi connectivity index (χ0) is 18.0. The summed E-state index contributed by atoms with van der Waals surface area (Å²) in [6, 6.07) is 4.81. The molecule has 9 nitrogen and oxygen atoms in total. The number of nitrogens with one attached hydrogen (secondary N) is 2. The van der Waals surface area contributed by atoms with Gasteiger partial charge in [-0.05, 0) is 45.8 Å². The van der Waals surface area contributed by atoms with Crippen LogP contribution in [0.4, 0.5) is 11.4 Å². The zero-order valence-electron chi connectivity index (χ0n) is 14.6. The first-order chi connectivity index (χ1) is 12.0. The highest BCUT2D eigenvalue weighted by Crippen LogP contribution is 2.24. The van der Waals surface area contributed by atoms with Crippen LogP contribution in [0.25, 0.3) is 0 Å². The van der Waals surface area contributed by atoms with E-state index in [0.717, 1.165) is 25.9 Å². The van der Waals surface area contributed by atoms with E-state index in [9.17, 15) is 14.9 Å². The Morgan fingerprint density at radius 2 is 2.04 bits per heavy atom. The number of halogens is 1. The minimum atomic E-state index is -0.469. The van der Waals surface area contributed by atoms with Gasteiger partial charge in [0.05, 0.1) is 16.7 Å². The molecule has 2 aromatic rings. The minimum Gasteiger partial charge on any atom is -0.320 e. The van der Waals surface area contributed by atoms with Gasteiger partial charge in [0, 0.05) is 17.3 Å². The summed E-state index contributed by atoms with van der Waals surface area (Å²) in [5.74, 6) is -0.421. The van der Waals surface area contributed by atoms with Crippen LogP contribution in [-0.2, 0) is 0 Å². The quantitative estimate of drug-likeness (QED) is 0.621. The number of nitro benzene ring substituents is 1. The maximum atomic E-state index is 12.5. The zero-order valence-corrected chi connectivity index (χ0v) is 15.4. The summed E-state index contributed by atoms with van der Waals surface area (Å²) in [5.41, 5.74) is 1.80. The van der Waals surface area contributed by atoms with Gasteiger partial charge in [0.25, 0.3) is 11.6 Å². The van der Waals surface area contributed by atoms with Crippen LogP contribution in [0.2, 0.25) is 0 Å². The van der Waals surface area contributed by atoms with Crippen LogP contribution < -0.4 is 10.6 Å². The summed E-state index contributed by atoms with van der Waals surface area (Å²) in [4.78, 5) is 23.0. The predicted octanol–water partition coefficient (Wildman–Crippen LogP) is 2.40. The summed E-state index contributed by atoms with van der Waals surface area (Å²) in [6.45, 7) is 5.30. The number of amides is 1. The number of piperidine rings is 1. The lowest BCUT2D eigenvalue weighted by atomic mass is 10.1. The molecule has 0 radical (unpaired) electrons. The lowest BCUT2D eigenvalue weighted by Gasteiger charge is -2.23. The van der Waals surface area contributed by atoms with E-state index in [0.29, 0.717) is 16.9 Å². The second kappa shape index (κ2) is 8.24. The van der Waals surface area contributed by atoms with Crippen molar-refractivity contribution >= 4 is 29.7 Å². The molecule has 26 heavy (non-hydrogen) atoms. The number of hydrogen-bond acceptors (Lipinski definition) is 6. The van der Waals surface area contributed by atoms with Crippen LogP contribution in [0.15, 0.2) is 18.2 Å². The van der Waals surface area contributed by atoms with Crippen LogP contribution in [0.1, 0.15) is 40.6 Å². The summed E-state index contributed by atoms with van der Waals surface area (Å²) < 4.78 is 1.80. The topological polar surface area (TPSA) is 115 Å². The van der Waals surface area contributed by atoms with Crippen molar-refractivity contribution in [2.24, 2.45) is 0 Å². The van der Waals surface area contributed by atoms with Crippen molar-refractivity contribution < 1.29 is 9.72 Å². The van der Waals surface area contributed by atoms with Gasteiger partial charge < -0.3 is 10.6 Å². The van der Waals surface area contributed by atoms with Crippen LogP contribution in [-0.4, -0.2) is 38.9 Å². The third-order valence-electron chi connectivity index (χ3n) is 4.46. The Balaban J connectivity index is 0.00000243. The number of carbonyl (C=O) groups excluding carboxylic acids is 1. The molecule has 0 saturated carbocycles. The first-order valence-electron chi connectivity index (χ1n) is 8.16. The lowest BCUT2D eigenvalue weighted by molar-refractivity contribution is -0.385. The summed E-state index contributed by atoms with van der Waals surface area (Å²) in [7, 11) is 0. The molecule has 0 unspecified atom stereocenters. The molecule has 1 aliphatic heterocycles. The highest BCUT2D eigenvalue weighted by molar-refractivity contribution is 6.03. The van der Waals surface area contributed by atoms with E-state index in [1.807, 2.05) is 6.92 Å². The van der Waals surface area contributed by atoms with Gasteiger partial charge in [0.15, 0.2) is 5.69 Å². The van der Waals surface area contributed by atoms with Gasteiger partial charge in [-0.1, -0.05) is 11.3 Å². The molecule has 10 heteroatoms. The molecule has 0 spiro atoms. The Morgan fingerprint density at radius 3 is 2.69 bits per heavy atom. The Morgan fingerprint density at radius 1 is 1.35 bits per heavy atom. The Hall–Kier alpha value is -2.52. The third-order valence-corrected chi connectivity index (χ3v) is 4.46. The van der Waals surface area contributed by atoms with Crippen LogP contribution in [0, 0.1) is 24.0 Å². The van der Waals surface area contributed by atoms with Gasteiger partial charge in [-0.15, -0.1) is 17.5 Å². The summed E-state index contributed by atoms with van der Waals surface area (Å²) >= 11 is 0. The van der Waals surface area contributed by atoms with Gasteiger partial charge in [0.2, 0.25) is 0 Å². The van der Waals surface area contributed by atoms with Crippen molar-refractivity contribution in [3.8, 4) is 0 Å². The molecule has 2 N–H and O–H groups in total. The van der Waals surface area contributed by atoms with E-state index in [1.54, 1.807) is 23.7 Å². The Bertz CT molecular complexity index is 816. The third kappa shape index (κ3) is 4.00. The Labute approximate surface area is 156 Å². The number of rotatable bonds is 4. The number of nitro groups is 1. The van der Waals surface area contributed by atoms with Crippen molar-refractivity contribution in [3.63, 3.8) is 0 Å². The molecule has 3 rings (SSSR count). The second-order valence-electron chi connectivity index (χ2n) is 6.16. The summed E-state index contributed by atoms with van der Waals surface area (Å²) in [6.07, 6.45) is 1.88. The number of anilines is 1. The fourth-order valence-electron chi connectivity index (χ4n) is 3.02. The van der Waals surface area contributed by atoms with Crippen molar-refractivity contribution in [1.29, 1.82) is 0 Å². The monoisotopic (exact) mass is 380 g/mol. The molecule has 1 aromatic heterocycles. The maximum absolute atomic E-state index is 12.5. The maximum Gasteiger partial charge on any atom is 0.278 e. The molecule has 1 saturated heterocycles. The smallest absolute Gasteiger partial charge is 0.278 e. The van der Waals surface area contributed by atoms with E-state index in [2.05, 4.69) is 20.9 Å². The Kier molecular flexibility index (Phi) is 6.27. The molecule has 1 aromatic carbocycles. The molecule has 1 amide bonds. The number of aromatic nitrogens is 3. The van der Waals surface area contributed by atoms with Crippen LogP contribution in [0.3, 0.4) is 0 Å². The standard InChI is InChI=1S/C16H20N6O3.ClH/c1-10-3-4-12(9-14(10)22(24)25)18-16(23)15-11(2)21(20-19-15)13-5-7-17-8-6-13;/h3-4,9,13,17H,5-8H2,1-2H3,(H,18,23);1H. The normalized spacial score (nSPS) is 14.5. The minimum absolute atomic E-state index is 0. The number of nitrogens with zero attached hydrogens (tertiary/aromatic N) is 4. The first kappa shape index (κ1) is 19.8. The second-order valence-corrected chi connectivity index (χ2v) is 6.16. The molecule has 1 aliphatic rings. The van der Waals surface area contributed by atoms with Crippen LogP contribution in [0.5, 0.6) is 0 Å². The van der Waals surface area contributed by atoms with Gasteiger partial charge in [-0.2, -0.15) is 0 Å². The number of aryl methyl sites for hydroxylation is 1. The van der Waals surface area contributed by atoms with E-state index in [1.165, 1.54) is 6.07 Å². The average molecular weight is 381 g/mol. The van der Waals surface area contributed by atoms with E-state index >= 15 is 0 Å². The number of benzene rings is 1. The first-order valence-corrected chi connectivity index (χ1v) is 8.16. The average Bonchev–Trinajstić information content (AvgIpc) is 2.98. The number of carbonyl (C=O) groups is 1. The molecule has 0 aliphatic carbocycles. The highest BCUT2D eigenvalue weighted by atomic mass is 35.5. The van der Waals surface area contributed by atoms with Crippen LogP contribution >= 0.6 is 12.4 Å². The fraction of sp³-hybridized carbons (Fsp3) is 0.438. The van der Waals surface area contributed by atoms with E-state index < -0.39 is 10.8 Å². The van der Waals surface area contributed by atoms with Crippen molar-refractivity contribution in [1.82, 2.24) is 20.3 Å². The molecule has 140 valence electrons. The SMILES string of the molecule is Cc1ccc(NC(=O)c2nnn(C3CCNCC3)c2C)cc1[N+](=O)[O-].Cl. The fourth-order valence-corrected chi connectivity index (χ4v) is 3.02. The van der Waals surface area contributed by atoms with Crippen molar-refractivity contribution in [2.45, 2.75) is 32.7 Å². The van der Waals surface area contributed by atoms with Gasteiger partial charge in [-0.3, -0.25) is 14.9 Å². The molecular formula is C16H21ClN6O3. The van der Waals surface area contributed by atoms with E-state index in [4.69, 9.17) is 0 Å². The van der Waals surface area contributed by atoms with Gasteiger partial charge in [-0.25, -0.2) is 4.68 Å². The highest BCUT2D eigenvalue weighted by Gasteiger charge is 2.23.